The first-order valence-electron chi connectivity index (χ1n) is 13.4. The number of carboxylic acids is 1. The van der Waals surface area contributed by atoms with Crippen LogP contribution in [0.5, 0.6) is 0 Å². The maximum Gasteiger partial charge on any atom is 0.335 e. The van der Waals surface area contributed by atoms with Gasteiger partial charge in [0.25, 0.3) is 5.91 Å². The summed E-state index contributed by atoms with van der Waals surface area (Å²) >= 11 is 0. The van der Waals surface area contributed by atoms with Gasteiger partial charge in [0, 0.05) is 41.6 Å². The maximum atomic E-state index is 13.9. The number of carbonyl (C=O) groups excluding carboxylic acids is 1. The number of oxazole rings is 1. The van der Waals surface area contributed by atoms with Crippen LogP contribution in [-0.4, -0.2) is 40.0 Å². The highest BCUT2D eigenvalue weighted by molar-refractivity contribution is 6.00. The fraction of sp³-hybridized carbons (Fsp3) is 0.242. The van der Waals surface area contributed by atoms with Crippen molar-refractivity contribution in [2.24, 2.45) is 10.8 Å². The van der Waals surface area contributed by atoms with Gasteiger partial charge >= 0.3 is 5.97 Å². The van der Waals surface area contributed by atoms with Crippen LogP contribution >= 0.6 is 0 Å². The number of rotatable bonds is 4. The first-order chi connectivity index (χ1) is 19.5. The van der Waals surface area contributed by atoms with E-state index in [0.29, 0.717) is 30.6 Å². The van der Waals surface area contributed by atoms with E-state index in [-0.39, 0.29) is 39.3 Å². The van der Waals surface area contributed by atoms with Crippen LogP contribution in [0.1, 0.15) is 53.5 Å². The quantitative estimate of drug-likeness (QED) is 0.266. The monoisotopic (exact) mass is 554 g/mol. The van der Waals surface area contributed by atoms with Crippen molar-refractivity contribution >= 4 is 28.5 Å². The highest BCUT2D eigenvalue weighted by Gasteiger charge is 2.46. The summed E-state index contributed by atoms with van der Waals surface area (Å²) in [6.07, 6.45) is 5.05. The highest BCUT2D eigenvalue weighted by Crippen LogP contribution is 2.55. The molecule has 2 aliphatic rings. The molecule has 0 spiro atoms. The SMILES string of the molecule is CC1(C)C(c2ccc(C(=O)O)cc2)=CC[C@]2(C)CN(C(=O)c3ccccc3-c3nc4cc(F)c(F)cc4o3)CC=C12. The van der Waals surface area contributed by atoms with Crippen LogP contribution in [0, 0.1) is 22.5 Å². The third-order valence-corrected chi connectivity index (χ3v) is 8.36. The lowest BCUT2D eigenvalue weighted by molar-refractivity contribution is 0.0679. The molecule has 0 saturated heterocycles. The zero-order valence-electron chi connectivity index (χ0n) is 22.9. The number of carbonyl (C=O) groups is 2. The van der Waals surface area contributed by atoms with Crippen LogP contribution in [0.3, 0.4) is 0 Å². The summed E-state index contributed by atoms with van der Waals surface area (Å²) in [5, 5.41) is 9.27. The zero-order chi connectivity index (χ0) is 29.1. The molecule has 1 atom stereocenters. The number of fused-ring (bicyclic) bond motifs is 2. The van der Waals surface area contributed by atoms with Gasteiger partial charge in [0.15, 0.2) is 17.2 Å². The Labute approximate surface area is 235 Å². The molecule has 0 saturated carbocycles. The molecule has 2 heterocycles. The van der Waals surface area contributed by atoms with Crippen molar-refractivity contribution in [1.82, 2.24) is 9.88 Å². The molecule has 1 amide bonds. The second-order valence-electron chi connectivity index (χ2n) is 11.5. The number of allylic oxidation sites excluding steroid dienone is 2. The van der Waals surface area contributed by atoms with Crippen molar-refractivity contribution < 1.29 is 27.9 Å². The lowest BCUT2D eigenvalue weighted by Crippen LogP contribution is -2.48. The van der Waals surface area contributed by atoms with Crippen LogP contribution < -0.4 is 0 Å². The number of benzene rings is 3. The van der Waals surface area contributed by atoms with Crippen LogP contribution in [0.25, 0.3) is 28.1 Å². The molecule has 1 aliphatic heterocycles. The lowest BCUT2D eigenvalue weighted by atomic mass is 9.58. The van der Waals surface area contributed by atoms with E-state index in [1.54, 1.807) is 41.3 Å². The van der Waals surface area contributed by atoms with E-state index >= 15 is 0 Å². The van der Waals surface area contributed by atoms with E-state index in [9.17, 15) is 23.5 Å². The Balaban J connectivity index is 1.30. The summed E-state index contributed by atoms with van der Waals surface area (Å²) in [4.78, 5) is 31.4. The molecule has 41 heavy (non-hydrogen) atoms. The molecule has 0 radical (unpaired) electrons. The second kappa shape index (κ2) is 9.51. The first kappa shape index (κ1) is 26.6. The number of carboxylic acid groups (broad SMARTS) is 1. The fourth-order valence-electron chi connectivity index (χ4n) is 6.42. The Morgan fingerprint density at radius 2 is 1.68 bits per heavy atom. The Morgan fingerprint density at radius 1 is 0.976 bits per heavy atom. The molecule has 6 rings (SSSR count). The molecular weight excluding hydrogens is 526 g/mol. The van der Waals surface area contributed by atoms with Gasteiger partial charge in [0.05, 0.1) is 11.1 Å². The number of halogens is 2. The predicted octanol–water partition coefficient (Wildman–Crippen LogP) is 7.37. The molecule has 0 bridgehead atoms. The van der Waals surface area contributed by atoms with Gasteiger partial charge in [-0.3, -0.25) is 4.79 Å². The topological polar surface area (TPSA) is 83.6 Å². The molecule has 0 fully saturated rings. The van der Waals surface area contributed by atoms with E-state index in [1.807, 2.05) is 12.1 Å². The Kier molecular flexibility index (Phi) is 6.17. The second-order valence-corrected chi connectivity index (χ2v) is 11.5. The molecular formula is C33H28F2N2O4. The van der Waals surface area contributed by atoms with Gasteiger partial charge in [0.1, 0.15) is 5.52 Å². The molecule has 208 valence electrons. The van der Waals surface area contributed by atoms with Crippen LogP contribution in [-0.2, 0) is 0 Å². The Bertz CT molecular complexity index is 1750. The van der Waals surface area contributed by atoms with Gasteiger partial charge in [-0.2, -0.15) is 0 Å². The summed E-state index contributed by atoms with van der Waals surface area (Å²) in [7, 11) is 0. The van der Waals surface area contributed by atoms with E-state index in [1.165, 1.54) is 5.57 Å². The number of aromatic nitrogens is 1. The van der Waals surface area contributed by atoms with Gasteiger partial charge in [-0.15, -0.1) is 0 Å². The number of nitrogens with zero attached hydrogens (tertiary/aromatic N) is 2. The minimum Gasteiger partial charge on any atom is -0.478 e. The molecule has 0 unspecified atom stereocenters. The van der Waals surface area contributed by atoms with E-state index in [2.05, 4.69) is 37.9 Å². The van der Waals surface area contributed by atoms with E-state index in [0.717, 1.165) is 23.3 Å². The van der Waals surface area contributed by atoms with Crippen LogP contribution in [0.15, 0.2) is 82.8 Å². The summed E-state index contributed by atoms with van der Waals surface area (Å²) < 4.78 is 33.2. The molecule has 1 aromatic heterocycles. The van der Waals surface area contributed by atoms with Gasteiger partial charge in [0.2, 0.25) is 5.89 Å². The van der Waals surface area contributed by atoms with Gasteiger partial charge in [-0.1, -0.05) is 62.8 Å². The average Bonchev–Trinajstić information content (AvgIpc) is 3.34. The normalized spacial score (nSPS) is 19.9. The minimum atomic E-state index is -1.03. The van der Waals surface area contributed by atoms with Crippen molar-refractivity contribution in [2.75, 3.05) is 13.1 Å². The number of aromatic carboxylic acids is 1. The summed E-state index contributed by atoms with van der Waals surface area (Å²) in [5.74, 6) is -3.07. The molecule has 1 N–H and O–H groups in total. The third kappa shape index (κ3) is 4.43. The lowest BCUT2D eigenvalue weighted by Gasteiger charge is -2.50. The minimum absolute atomic E-state index is 0.101. The summed E-state index contributed by atoms with van der Waals surface area (Å²) in [5.41, 5.74) is 4.09. The molecule has 8 heteroatoms. The zero-order valence-corrected chi connectivity index (χ0v) is 22.9. The van der Waals surface area contributed by atoms with Crippen LogP contribution in [0.2, 0.25) is 0 Å². The number of hydrogen-bond donors (Lipinski definition) is 1. The van der Waals surface area contributed by atoms with Crippen molar-refractivity contribution in [3.8, 4) is 11.5 Å². The summed E-state index contributed by atoms with van der Waals surface area (Å²) in [6, 6.07) is 15.8. The van der Waals surface area contributed by atoms with E-state index < -0.39 is 17.6 Å². The third-order valence-electron chi connectivity index (χ3n) is 8.36. The van der Waals surface area contributed by atoms with Crippen molar-refractivity contribution in [3.05, 3.63) is 107 Å². The smallest absolute Gasteiger partial charge is 0.335 e. The van der Waals surface area contributed by atoms with Gasteiger partial charge in [-0.05, 0) is 41.8 Å². The Hall–Kier alpha value is -4.59. The number of amides is 1. The standard InChI is InChI=1S/C33H28F2N2O4/c1-32(2)23(19-8-10-20(11-9-19)31(39)40)12-14-33(3)18-37(15-13-28(32)33)30(38)22-7-5-4-6-21(22)29-36-26-16-24(34)25(35)17-27(26)41-29/h4-13,16-17H,14-15,18H2,1-3H3,(H,39,40)/t33-/m1/s1. The molecule has 4 aromatic rings. The number of hydrogen-bond acceptors (Lipinski definition) is 4. The summed E-state index contributed by atoms with van der Waals surface area (Å²) in [6.45, 7) is 7.41. The van der Waals surface area contributed by atoms with Crippen molar-refractivity contribution in [2.45, 2.75) is 27.2 Å². The van der Waals surface area contributed by atoms with Gasteiger partial charge < -0.3 is 14.4 Å². The maximum absolute atomic E-state index is 13.9. The fourth-order valence-corrected chi connectivity index (χ4v) is 6.42. The largest absolute Gasteiger partial charge is 0.478 e. The predicted molar refractivity (Wildman–Crippen MR) is 151 cm³/mol. The van der Waals surface area contributed by atoms with Gasteiger partial charge in [-0.25, -0.2) is 18.6 Å². The molecule has 3 aromatic carbocycles. The van der Waals surface area contributed by atoms with E-state index in [4.69, 9.17) is 4.42 Å². The van der Waals surface area contributed by atoms with Crippen molar-refractivity contribution in [3.63, 3.8) is 0 Å². The Morgan fingerprint density at radius 3 is 2.41 bits per heavy atom. The highest BCUT2D eigenvalue weighted by atomic mass is 19.2. The van der Waals surface area contributed by atoms with Crippen molar-refractivity contribution in [1.29, 1.82) is 0 Å². The molecule has 6 nitrogen and oxygen atoms in total. The first-order valence-corrected chi connectivity index (χ1v) is 13.4. The molecule has 1 aliphatic carbocycles. The average molecular weight is 555 g/mol. The van der Waals surface area contributed by atoms with Crippen LogP contribution in [0.4, 0.5) is 8.78 Å².